The van der Waals surface area contributed by atoms with Crippen LogP contribution in [0.5, 0.6) is 0 Å². The summed E-state index contributed by atoms with van der Waals surface area (Å²) in [6, 6.07) is 7.78. The first kappa shape index (κ1) is 14.6. The molecule has 1 N–H and O–H groups in total. The average Bonchev–Trinajstić information content (AvgIpc) is 2.82. The summed E-state index contributed by atoms with van der Waals surface area (Å²) in [5.41, 5.74) is 3.26. The molecule has 4 nitrogen and oxygen atoms in total. The maximum absolute atomic E-state index is 9.10. The van der Waals surface area contributed by atoms with Gasteiger partial charge in [0.15, 0.2) is 0 Å². The second-order valence-electron chi connectivity index (χ2n) is 4.58. The minimum atomic E-state index is 0.613. The number of benzene rings is 1. The van der Waals surface area contributed by atoms with Crippen LogP contribution in [0.3, 0.4) is 0 Å². The molecule has 1 heterocycles. The zero-order valence-corrected chi connectivity index (χ0v) is 12.5. The molecule has 0 saturated heterocycles. The van der Waals surface area contributed by atoms with Crippen LogP contribution >= 0.6 is 0 Å². The summed E-state index contributed by atoms with van der Waals surface area (Å²) >= 11 is 0. The van der Waals surface area contributed by atoms with Gasteiger partial charge < -0.3 is 5.32 Å². The minimum absolute atomic E-state index is 0.613. The second-order valence-corrected chi connectivity index (χ2v) is 4.58. The highest BCUT2D eigenvalue weighted by Gasteiger charge is 2.07. The van der Waals surface area contributed by atoms with Crippen LogP contribution in [0.15, 0.2) is 30.9 Å². The summed E-state index contributed by atoms with van der Waals surface area (Å²) in [5, 5.41) is 18.8. The van der Waals surface area contributed by atoms with Gasteiger partial charge in [-0.2, -0.15) is 10.4 Å². The van der Waals surface area contributed by atoms with E-state index in [4.69, 9.17) is 5.26 Å². The Morgan fingerprint density at radius 2 is 2.19 bits per heavy atom. The Labute approximate surface area is 124 Å². The Bertz CT molecular complexity index is 835. The van der Waals surface area contributed by atoms with Crippen LogP contribution in [0, 0.1) is 18.3 Å². The Morgan fingerprint density at radius 3 is 2.76 bits per heavy atom. The molecule has 1 aromatic carbocycles. The normalized spacial score (nSPS) is 12.3. The van der Waals surface area contributed by atoms with Crippen LogP contribution in [-0.2, 0) is 0 Å². The van der Waals surface area contributed by atoms with Crippen LogP contribution in [0.25, 0.3) is 17.8 Å². The first-order valence-corrected chi connectivity index (χ1v) is 6.73. The molecule has 0 amide bonds. The first-order valence-electron chi connectivity index (χ1n) is 6.73. The van der Waals surface area contributed by atoms with E-state index in [9.17, 15) is 0 Å². The quantitative estimate of drug-likeness (QED) is 0.932. The predicted octanol–water partition coefficient (Wildman–Crippen LogP) is 1.86. The number of aryl methyl sites for hydroxylation is 1. The molecule has 0 bridgehead atoms. The third-order valence-corrected chi connectivity index (χ3v) is 3.35. The highest BCUT2D eigenvalue weighted by molar-refractivity contribution is 5.61. The van der Waals surface area contributed by atoms with Gasteiger partial charge in [-0.1, -0.05) is 18.7 Å². The summed E-state index contributed by atoms with van der Waals surface area (Å²) in [6.45, 7) is 7.74. The highest BCUT2D eigenvalue weighted by atomic mass is 15.3. The largest absolute Gasteiger partial charge is 0.387 e. The lowest BCUT2D eigenvalue weighted by molar-refractivity contribution is 0.839. The number of anilines is 1. The van der Waals surface area contributed by atoms with E-state index in [0.717, 1.165) is 27.6 Å². The molecule has 0 atom stereocenters. The standard InChI is InChI=1S/C17H18N4/c1-5-7-17-15(6-2)12(3)20-21(17)14-9-8-13(11-18)16(10-14)19-4/h5-10,19H,1H2,2-4H3. The van der Waals surface area contributed by atoms with E-state index in [-0.39, 0.29) is 0 Å². The molecule has 2 rings (SSSR count). The third-order valence-electron chi connectivity index (χ3n) is 3.35. The molecular weight excluding hydrogens is 260 g/mol. The van der Waals surface area contributed by atoms with Gasteiger partial charge in [0.1, 0.15) is 6.07 Å². The lowest BCUT2D eigenvalue weighted by Crippen LogP contribution is -2.29. The number of hydrogen-bond donors (Lipinski definition) is 1. The maximum atomic E-state index is 9.10. The lowest BCUT2D eigenvalue weighted by atomic mass is 10.1. The van der Waals surface area contributed by atoms with Gasteiger partial charge in [-0.25, -0.2) is 4.68 Å². The molecule has 0 spiro atoms. The Kier molecular flexibility index (Phi) is 4.24. The van der Waals surface area contributed by atoms with Crippen molar-refractivity contribution in [3.8, 4) is 11.8 Å². The van der Waals surface area contributed by atoms with Crippen LogP contribution in [-0.4, -0.2) is 16.8 Å². The van der Waals surface area contributed by atoms with Crippen molar-refractivity contribution in [2.75, 3.05) is 12.4 Å². The van der Waals surface area contributed by atoms with Gasteiger partial charge in [-0.05, 0) is 38.1 Å². The molecule has 0 aliphatic carbocycles. The maximum Gasteiger partial charge on any atom is 0.101 e. The Balaban J connectivity index is 2.78. The Hall–Kier alpha value is -2.80. The zero-order chi connectivity index (χ0) is 15.4. The topological polar surface area (TPSA) is 53.6 Å². The van der Waals surface area contributed by atoms with Gasteiger partial charge in [0.2, 0.25) is 0 Å². The summed E-state index contributed by atoms with van der Waals surface area (Å²) in [7, 11) is 1.80. The zero-order valence-electron chi connectivity index (χ0n) is 12.5. The van der Waals surface area contributed by atoms with E-state index in [1.807, 2.05) is 42.8 Å². The van der Waals surface area contributed by atoms with E-state index in [1.54, 1.807) is 19.2 Å². The number of rotatable bonds is 3. The van der Waals surface area contributed by atoms with Gasteiger partial charge in [-0.15, -0.1) is 0 Å². The fraction of sp³-hybridized carbons (Fsp3) is 0.176. The number of allylic oxidation sites excluding steroid dienone is 1. The highest BCUT2D eigenvalue weighted by Crippen LogP contribution is 2.17. The Morgan fingerprint density at radius 1 is 1.43 bits per heavy atom. The molecule has 1 aromatic heterocycles. The number of hydrogen-bond acceptors (Lipinski definition) is 3. The second kappa shape index (κ2) is 6.10. The van der Waals surface area contributed by atoms with Crippen molar-refractivity contribution in [3.05, 3.63) is 52.7 Å². The molecule has 0 aliphatic heterocycles. The van der Waals surface area contributed by atoms with E-state index in [1.165, 1.54) is 0 Å². The van der Waals surface area contributed by atoms with Crippen molar-refractivity contribution in [3.63, 3.8) is 0 Å². The number of nitrogens with one attached hydrogen (secondary N) is 1. The predicted molar refractivity (Wildman–Crippen MR) is 86.6 cm³/mol. The monoisotopic (exact) mass is 278 g/mol. The fourth-order valence-electron chi connectivity index (χ4n) is 2.35. The molecule has 0 fully saturated rings. The van der Waals surface area contributed by atoms with E-state index in [2.05, 4.69) is 23.1 Å². The molecule has 0 saturated carbocycles. The van der Waals surface area contributed by atoms with Crippen molar-refractivity contribution >= 4 is 17.8 Å². The minimum Gasteiger partial charge on any atom is -0.387 e. The number of aromatic nitrogens is 2. The molecule has 21 heavy (non-hydrogen) atoms. The molecule has 0 aliphatic rings. The molecular formula is C17H18N4. The van der Waals surface area contributed by atoms with E-state index >= 15 is 0 Å². The van der Waals surface area contributed by atoms with Gasteiger partial charge in [0, 0.05) is 12.3 Å². The van der Waals surface area contributed by atoms with E-state index in [0.29, 0.717) is 5.56 Å². The van der Waals surface area contributed by atoms with Crippen molar-refractivity contribution < 1.29 is 0 Å². The lowest BCUT2D eigenvalue weighted by Gasteiger charge is -2.07. The molecule has 4 heteroatoms. The van der Waals surface area contributed by atoms with Crippen LogP contribution < -0.4 is 15.9 Å². The van der Waals surface area contributed by atoms with Gasteiger partial charge >= 0.3 is 0 Å². The van der Waals surface area contributed by atoms with Crippen molar-refractivity contribution in [2.45, 2.75) is 13.8 Å². The third kappa shape index (κ3) is 2.59. The smallest absolute Gasteiger partial charge is 0.101 e. The van der Waals surface area contributed by atoms with Crippen molar-refractivity contribution in [2.24, 2.45) is 0 Å². The van der Waals surface area contributed by atoms with Gasteiger partial charge in [0.25, 0.3) is 0 Å². The molecule has 2 aromatic rings. The fourth-order valence-corrected chi connectivity index (χ4v) is 2.35. The van der Waals surface area contributed by atoms with Gasteiger partial charge in [0.05, 0.1) is 28.0 Å². The van der Waals surface area contributed by atoms with Crippen LogP contribution in [0.2, 0.25) is 0 Å². The van der Waals surface area contributed by atoms with Crippen LogP contribution in [0.1, 0.15) is 18.2 Å². The average molecular weight is 278 g/mol. The SMILES string of the molecule is C=CC=c1c(=CC)c(C)nn1-c1ccc(C#N)c(NC)c1. The molecule has 0 radical (unpaired) electrons. The summed E-state index contributed by atoms with van der Waals surface area (Å²) < 4.78 is 1.87. The number of nitriles is 1. The molecule has 106 valence electrons. The summed E-state index contributed by atoms with van der Waals surface area (Å²) in [4.78, 5) is 0. The first-order chi connectivity index (χ1) is 10.2. The molecule has 0 unspecified atom stereocenters. The van der Waals surface area contributed by atoms with Crippen molar-refractivity contribution in [1.82, 2.24) is 9.78 Å². The summed E-state index contributed by atoms with van der Waals surface area (Å²) in [5.74, 6) is 0. The van der Waals surface area contributed by atoms with E-state index < -0.39 is 0 Å². The number of nitrogens with zero attached hydrogens (tertiary/aromatic N) is 3. The van der Waals surface area contributed by atoms with Crippen LogP contribution in [0.4, 0.5) is 5.69 Å². The van der Waals surface area contributed by atoms with Gasteiger partial charge in [-0.3, -0.25) is 0 Å². The summed E-state index contributed by atoms with van der Waals surface area (Å²) in [6.07, 6.45) is 5.73. The van der Waals surface area contributed by atoms with Crippen molar-refractivity contribution in [1.29, 1.82) is 5.26 Å².